The summed E-state index contributed by atoms with van der Waals surface area (Å²) in [5.41, 5.74) is -1.19. The van der Waals surface area contributed by atoms with Crippen LogP contribution in [0.25, 0.3) is 0 Å². The van der Waals surface area contributed by atoms with Gasteiger partial charge in [0.05, 0.1) is 0 Å². The van der Waals surface area contributed by atoms with Crippen molar-refractivity contribution < 1.29 is 13.6 Å². The molecule has 1 atom stereocenters. The van der Waals surface area contributed by atoms with Crippen LogP contribution in [0.3, 0.4) is 0 Å². The van der Waals surface area contributed by atoms with Crippen molar-refractivity contribution in [2.45, 2.75) is 31.1 Å². The Kier molecular flexibility index (Phi) is 4.89. The summed E-state index contributed by atoms with van der Waals surface area (Å²) in [5, 5.41) is 2.59. The highest BCUT2D eigenvalue weighted by molar-refractivity contribution is 9.10. The Morgan fingerprint density at radius 3 is 2.17 bits per heavy atom. The Hall–Kier alpha value is -0.490. The van der Waals surface area contributed by atoms with Gasteiger partial charge in [-0.1, -0.05) is 38.8 Å². The number of carbonyl (C=O) groups excluding carboxylic acids is 1. The van der Waals surface area contributed by atoms with Gasteiger partial charge in [-0.3, -0.25) is 4.79 Å². The van der Waals surface area contributed by atoms with E-state index in [2.05, 4.69) is 37.2 Å². The molecule has 0 saturated heterocycles. The number of halogens is 4. The van der Waals surface area contributed by atoms with Crippen LogP contribution in [0.1, 0.15) is 31.1 Å². The summed E-state index contributed by atoms with van der Waals surface area (Å²) < 4.78 is 27.4. The maximum Gasteiger partial charge on any atom is 0.257 e. The van der Waals surface area contributed by atoms with E-state index < -0.39 is 28.6 Å². The summed E-state index contributed by atoms with van der Waals surface area (Å²) in [5.74, 6) is -2.55. The zero-order valence-corrected chi connectivity index (χ0v) is 13.3. The summed E-state index contributed by atoms with van der Waals surface area (Å²) in [6, 6.07) is 2.12. The van der Waals surface area contributed by atoms with Crippen LogP contribution in [0.5, 0.6) is 0 Å². The molecule has 0 spiro atoms. The Balaban J connectivity index is 3.06. The van der Waals surface area contributed by atoms with Crippen LogP contribution in [0.2, 0.25) is 0 Å². The molecule has 1 amide bonds. The van der Waals surface area contributed by atoms with Crippen molar-refractivity contribution in [1.82, 2.24) is 5.32 Å². The molecule has 0 aliphatic rings. The molecule has 0 aromatic heterocycles. The summed E-state index contributed by atoms with van der Waals surface area (Å²) in [7, 11) is 0. The fraction of sp³-hybridized carbons (Fsp3) is 0.417. The van der Waals surface area contributed by atoms with Crippen molar-refractivity contribution in [2.24, 2.45) is 0 Å². The highest BCUT2D eigenvalue weighted by Crippen LogP contribution is 2.22. The van der Waals surface area contributed by atoms with E-state index >= 15 is 0 Å². The van der Waals surface area contributed by atoms with Gasteiger partial charge in [0.15, 0.2) is 0 Å². The van der Waals surface area contributed by atoms with E-state index in [1.165, 1.54) is 0 Å². The quantitative estimate of drug-likeness (QED) is 0.783. The topological polar surface area (TPSA) is 29.1 Å². The van der Waals surface area contributed by atoms with Crippen LogP contribution in [-0.4, -0.2) is 16.3 Å². The number of hydrogen-bond donors (Lipinski definition) is 1. The summed E-state index contributed by atoms with van der Waals surface area (Å²) in [4.78, 5) is 11.8. The van der Waals surface area contributed by atoms with E-state index in [0.29, 0.717) is 0 Å². The first kappa shape index (κ1) is 15.6. The number of rotatable bonds is 3. The summed E-state index contributed by atoms with van der Waals surface area (Å²) >= 11 is 6.30. The van der Waals surface area contributed by atoms with Crippen molar-refractivity contribution in [2.75, 3.05) is 0 Å². The van der Waals surface area contributed by atoms with Crippen molar-refractivity contribution in [1.29, 1.82) is 0 Å². The van der Waals surface area contributed by atoms with Crippen LogP contribution in [0.15, 0.2) is 16.6 Å². The van der Waals surface area contributed by atoms with Crippen LogP contribution in [0.4, 0.5) is 8.78 Å². The van der Waals surface area contributed by atoms with Crippen molar-refractivity contribution in [3.05, 3.63) is 33.8 Å². The highest BCUT2D eigenvalue weighted by atomic mass is 79.9. The Morgan fingerprint density at radius 2 is 1.78 bits per heavy atom. The minimum absolute atomic E-state index is 0.0458. The fourth-order valence-electron chi connectivity index (χ4n) is 1.21. The van der Waals surface area contributed by atoms with E-state index in [0.717, 1.165) is 12.1 Å². The molecule has 0 heterocycles. The third kappa shape index (κ3) is 3.51. The van der Waals surface area contributed by atoms with Gasteiger partial charge < -0.3 is 5.32 Å². The molecule has 1 unspecified atom stereocenters. The molecule has 18 heavy (non-hydrogen) atoms. The smallest absolute Gasteiger partial charge is 0.257 e. The molecule has 6 heteroatoms. The van der Waals surface area contributed by atoms with E-state index in [4.69, 9.17) is 0 Å². The number of carbonyl (C=O) groups is 1. The third-order valence-electron chi connectivity index (χ3n) is 2.66. The lowest BCUT2D eigenvalue weighted by molar-refractivity contribution is 0.0905. The van der Waals surface area contributed by atoms with E-state index in [1.54, 1.807) is 13.8 Å². The highest BCUT2D eigenvalue weighted by Gasteiger charge is 2.28. The minimum Gasteiger partial charge on any atom is -0.346 e. The van der Waals surface area contributed by atoms with Gasteiger partial charge in [0.1, 0.15) is 17.2 Å². The molecule has 0 radical (unpaired) electrons. The number of alkyl halides is 1. The second-order valence-electron chi connectivity index (χ2n) is 4.54. The number of benzene rings is 1. The van der Waals surface area contributed by atoms with Crippen molar-refractivity contribution in [3.63, 3.8) is 0 Å². The first-order valence-corrected chi connectivity index (χ1v) is 6.97. The molecule has 2 nitrogen and oxygen atoms in total. The molecule has 0 aliphatic heterocycles. The van der Waals surface area contributed by atoms with Gasteiger partial charge in [0.2, 0.25) is 0 Å². The third-order valence-corrected chi connectivity index (χ3v) is 4.27. The molecule has 0 fully saturated rings. The average molecular weight is 385 g/mol. The van der Waals surface area contributed by atoms with Crippen LogP contribution >= 0.6 is 31.9 Å². The van der Waals surface area contributed by atoms with Gasteiger partial charge in [0.25, 0.3) is 5.91 Å². The molecule has 1 rings (SSSR count). The van der Waals surface area contributed by atoms with E-state index in [9.17, 15) is 13.6 Å². The molecule has 0 aliphatic carbocycles. The normalized spacial score (nSPS) is 13.3. The number of nitrogens with one attached hydrogen (secondary N) is 1. The summed E-state index contributed by atoms with van der Waals surface area (Å²) in [6.45, 7) is 5.37. The Morgan fingerprint density at radius 1 is 1.33 bits per heavy atom. The molecule has 0 bridgehead atoms. The van der Waals surface area contributed by atoms with Crippen LogP contribution < -0.4 is 5.32 Å². The summed E-state index contributed by atoms with van der Waals surface area (Å²) in [6.07, 6.45) is 0. The van der Waals surface area contributed by atoms with Crippen molar-refractivity contribution >= 4 is 37.8 Å². The predicted molar refractivity (Wildman–Crippen MR) is 74.0 cm³/mol. The lowest BCUT2D eigenvalue weighted by Gasteiger charge is -2.29. The van der Waals surface area contributed by atoms with Gasteiger partial charge in [-0.05, 0) is 26.0 Å². The molecule has 100 valence electrons. The molecular weight excluding hydrogens is 372 g/mol. The fourth-order valence-corrected chi connectivity index (χ4v) is 1.73. The maximum atomic E-state index is 13.6. The van der Waals surface area contributed by atoms with Crippen LogP contribution in [0, 0.1) is 11.6 Å². The largest absolute Gasteiger partial charge is 0.346 e. The first-order valence-electron chi connectivity index (χ1n) is 5.26. The standard InChI is InChI=1S/C12H13Br2F2NO/c1-6(13)12(2,3)17-11(18)10-8(15)4-7(14)5-9(10)16/h4-6H,1-3H3,(H,17,18). The second kappa shape index (κ2) is 5.65. The predicted octanol–water partition coefficient (Wildman–Crippen LogP) is 4.02. The molecule has 1 N–H and O–H groups in total. The minimum atomic E-state index is -0.891. The van der Waals surface area contributed by atoms with Crippen LogP contribution in [-0.2, 0) is 0 Å². The van der Waals surface area contributed by atoms with Gasteiger partial charge in [-0.2, -0.15) is 0 Å². The molecule has 1 aromatic carbocycles. The second-order valence-corrected chi connectivity index (χ2v) is 6.83. The van der Waals surface area contributed by atoms with Crippen molar-refractivity contribution in [3.8, 4) is 0 Å². The Labute approximate surface area is 121 Å². The molecular formula is C12H13Br2F2NO. The van der Waals surface area contributed by atoms with Gasteiger partial charge >= 0.3 is 0 Å². The number of amides is 1. The average Bonchev–Trinajstić information content (AvgIpc) is 2.13. The van der Waals surface area contributed by atoms with Gasteiger partial charge in [-0.25, -0.2) is 8.78 Å². The van der Waals surface area contributed by atoms with E-state index in [-0.39, 0.29) is 9.30 Å². The number of hydrogen-bond acceptors (Lipinski definition) is 1. The maximum absolute atomic E-state index is 13.6. The van der Waals surface area contributed by atoms with Gasteiger partial charge in [-0.15, -0.1) is 0 Å². The molecule has 1 aromatic rings. The monoisotopic (exact) mass is 383 g/mol. The zero-order valence-electron chi connectivity index (χ0n) is 10.2. The molecule has 0 saturated carbocycles. The lowest BCUT2D eigenvalue weighted by Crippen LogP contribution is -2.49. The first-order chi connectivity index (χ1) is 8.15. The van der Waals surface area contributed by atoms with Gasteiger partial charge in [0, 0.05) is 14.8 Å². The zero-order chi connectivity index (χ0) is 14.1. The Bertz CT molecular complexity index is 452. The van der Waals surface area contributed by atoms with E-state index in [1.807, 2.05) is 6.92 Å². The lowest BCUT2D eigenvalue weighted by atomic mass is 10.0. The SMILES string of the molecule is CC(Br)C(C)(C)NC(=O)c1c(F)cc(Br)cc1F.